The van der Waals surface area contributed by atoms with E-state index >= 15 is 0 Å². The van der Waals surface area contributed by atoms with E-state index in [2.05, 4.69) is 10.6 Å². The van der Waals surface area contributed by atoms with Crippen molar-refractivity contribution in [1.29, 1.82) is 0 Å². The van der Waals surface area contributed by atoms with Gasteiger partial charge in [0.1, 0.15) is 6.10 Å². The first-order chi connectivity index (χ1) is 12.5. The van der Waals surface area contributed by atoms with E-state index in [1.54, 1.807) is 19.1 Å². The summed E-state index contributed by atoms with van der Waals surface area (Å²) in [4.78, 5) is 24.6. The van der Waals surface area contributed by atoms with Crippen molar-refractivity contribution in [2.45, 2.75) is 33.0 Å². The third-order valence-corrected chi connectivity index (χ3v) is 4.27. The molecule has 2 aromatic rings. The summed E-state index contributed by atoms with van der Waals surface area (Å²) in [5, 5.41) is 5.45. The minimum Gasteiger partial charge on any atom is -0.482 e. The number of benzene rings is 2. The van der Waals surface area contributed by atoms with Crippen molar-refractivity contribution >= 4 is 17.5 Å². The maximum Gasteiger partial charge on any atom is 0.265 e. The number of amides is 2. The molecule has 136 valence electrons. The molecule has 2 amide bonds. The van der Waals surface area contributed by atoms with Gasteiger partial charge in [-0.1, -0.05) is 30.3 Å². The van der Waals surface area contributed by atoms with Crippen LogP contribution in [0, 0.1) is 13.8 Å². The molecule has 0 aromatic heterocycles. The fraction of sp³-hybridized carbons (Fsp3) is 0.300. The molecule has 1 aliphatic rings. The lowest BCUT2D eigenvalue weighted by atomic mass is 10.1. The number of hydrogen-bond donors (Lipinski definition) is 2. The van der Waals surface area contributed by atoms with Crippen molar-refractivity contribution < 1.29 is 19.1 Å². The van der Waals surface area contributed by atoms with Crippen LogP contribution >= 0.6 is 0 Å². The first-order valence-corrected chi connectivity index (χ1v) is 8.52. The summed E-state index contributed by atoms with van der Waals surface area (Å²) >= 11 is 0. The minimum atomic E-state index is -0.808. The smallest absolute Gasteiger partial charge is 0.265 e. The molecular weight excluding hydrogens is 332 g/mol. The average Bonchev–Trinajstić information content (AvgIpc) is 2.62. The molecule has 1 aliphatic heterocycles. The Hall–Kier alpha value is -3.02. The van der Waals surface area contributed by atoms with Crippen LogP contribution in [0.4, 0.5) is 5.69 Å². The second-order valence-electron chi connectivity index (χ2n) is 6.34. The zero-order valence-electron chi connectivity index (χ0n) is 15.0. The van der Waals surface area contributed by atoms with Gasteiger partial charge in [0.2, 0.25) is 12.0 Å². The molecule has 2 unspecified atom stereocenters. The van der Waals surface area contributed by atoms with E-state index in [1.807, 2.05) is 44.2 Å². The van der Waals surface area contributed by atoms with Crippen LogP contribution in [0.1, 0.15) is 18.1 Å². The molecule has 3 rings (SSSR count). The van der Waals surface area contributed by atoms with Crippen LogP contribution in [0.5, 0.6) is 11.5 Å². The van der Waals surface area contributed by atoms with E-state index in [-0.39, 0.29) is 18.4 Å². The fourth-order valence-corrected chi connectivity index (χ4v) is 2.87. The van der Waals surface area contributed by atoms with Crippen LogP contribution in [-0.2, 0) is 9.59 Å². The first-order valence-electron chi connectivity index (χ1n) is 8.52. The SMILES string of the molecule is Cc1cccc(C)c1NC(=O)CNC(=O)C1Oc2ccccc2OC1C. The molecule has 6 heteroatoms. The van der Waals surface area contributed by atoms with E-state index in [9.17, 15) is 9.59 Å². The van der Waals surface area contributed by atoms with Gasteiger partial charge < -0.3 is 20.1 Å². The number of aryl methyl sites for hydroxylation is 2. The van der Waals surface area contributed by atoms with Crippen molar-refractivity contribution in [3.8, 4) is 11.5 Å². The molecule has 1 heterocycles. The Morgan fingerprint density at radius 1 is 0.962 bits per heavy atom. The molecular formula is C20H22N2O4. The maximum atomic E-state index is 12.4. The second-order valence-corrected chi connectivity index (χ2v) is 6.34. The molecule has 0 spiro atoms. The first kappa shape index (κ1) is 17.8. The van der Waals surface area contributed by atoms with Crippen molar-refractivity contribution in [2.75, 3.05) is 11.9 Å². The monoisotopic (exact) mass is 354 g/mol. The largest absolute Gasteiger partial charge is 0.482 e. The van der Waals surface area contributed by atoms with Crippen LogP contribution in [0.2, 0.25) is 0 Å². The number of carbonyl (C=O) groups excluding carboxylic acids is 2. The molecule has 2 N–H and O–H groups in total. The van der Waals surface area contributed by atoms with Gasteiger partial charge in [-0.15, -0.1) is 0 Å². The number of ether oxygens (including phenoxy) is 2. The lowest BCUT2D eigenvalue weighted by Crippen LogP contribution is -2.50. The van der Waals surface area contributed by atoms with E-state index in [0.717, 1.165) is 16.8 Å². The van der Waals surface area contributed by atoms with Gasteiger partial charge in [0.05, 0.1) is 6.54 Å². The van der Waals surface area contributed by atoms with Gasteiger partial charge in [-0.25, -0.2) is 0 Å². The van der Waals surface area contributed by atoms with Gasteiger partial charge >= 0.3 is 0 Å². The molecule has 0 saturated heterocycles. The summed E-state index contributed by atoms with van der Waals surface area (Å²) < 4.78 is 11.4. The normalized spacial score (nSPS) is 18.1. The third kappa shape index (κ3) is 3.79. The van der Waals surface area contributed by atoms with Gasteiger partial charge in [0.15, 0.2) is 11.5 Å². The Morgan fingerprint density at radius 2 is 1.58 bits per heavy atom. The highest BCUT2D eigenvalue weighted by Gasteiger charge is 2.34. The van der Waals surface area contributed by atoms with Crippen LogP contribution in [0.25, 0.3) is 0 Å². The number of hydrogen-bond acceptors (Lipinski definition) is 4. The van der Waals surface area contributed by atoms with Gasteiger partial charge in [0.25, 0.3) is 5.91 Å². The number of anilines is 1. The van der Waals surface area contributed by atoms with E-state index in [4.69, 9.17) is 9.47 Å². The maximum absolute atomic E-state index is 12.4. The molecule has 2 atom stereocenters. The van der Waals surface area contributed by atoms with Crippen LogP contribution in [0.15, 0.2) is 42.5 Å². The van der Waals surface area contributed by atoms with Gasteiger partial charge in [-0.2, -0.15) is 0 Å². The standard InChI is InChI=1S/C20H22N2O4/c1-12-7-6-8-13(2)18(12)22-17(23)11-21-20(24)19-14(3)25-15-9-4-5-10-16(15)26-19/h4-10,14,19H,11H2,1-3H3,(H,21,24)(H,22,23). The molecule has 0 saturated carbocycles. The molecule has 0 aliphatic carbocycles. The highest BCUT2D eigenvalue weighted by molar-refractivity contribution is 5.96. The molecule has 26 heavy (non-hydrogen) atoms. The van der Waals surface area contributed by atoms with Gasteiger partial charge in [-0.05, 0) is 44.0 Å². The topological polar surface area (TPSA) is 76.7 Å². The highest BCUT2D eigenvalue weighted by Crippen LogP contribution is 2.33. The van der Waals surface area contributed by atoms with Crippen molar-refractivity contribution in [2.24, 2.45) is 0 Å². The summed E-state index contributed by atoms with van der Waals surface area (Å²) in [5.41, 5.74) is 2.71. The predicted octanol–water partition coefficient (Wildman–Crippen LogP) is 2.59. The Balaban J connectivity index is 1.58. The molecule has 6 nitrogen and oxygen atoms in total. The van der Waals surface area contributed by atoms with Crippen molar-refractivity contribution in [1.82, 2.24) is 5.32 Å². The fourth-order valence-electron chi connectivity index (χ4n) is 2.87. The predicted molar refractivity (Wildman–Crippen MR) is 98.5 cm³/mol. The third-order valence-electron chi connectivity index (χ3n) is 4.27. The highest BCUT2D eigenvalue weighted by atomic mass is 16.6. The lowest BCUT2D eigenvalue weighted by Gasteiger charge is -2.30. The quantitative estimate of drug-likeness (QED) is 0.885. The van der Waals surface area contributed by atoms with Gasteiger partial charge in [-0.3, -0.25) is 9.59 Å². The van der Waals surface area contributed by atoms with Crippen LogP contribution < -0.4 is 20.1 Å². The lowest BCUT2D eigenvalue weighted by molar-refractivity contribution is -0.134. The Kier molecular flexibility index (Phi) is 5.11. The average molecular weight is 354 g/mol. The van der Waals surface area contributed by atoms with Crippen LogP contribution in [0.3, 0.4) is 0 Å². The number of nitrogens with one attached hydrogen (secondary N) is 2. The Labute approximate surface area is 152 Å². The summed E-state index contributed by atoms with van der Waals surface area (Å²) in [5.74, 6) is 0.451. The summed E-state index contributed by atoms with van der Waals surface area (Å²) in [7, 11) is 0. The second kappa shape index (κ2) is 7.47. The summed E-state index contributed by atoms with van der Waals surface area (Å²) in [6, 6.07) is 13.0. The molecule has 0 fully saturated rings. The number of para-hydroxylation sites is 3. The summed E-state index contributed by atoms with van der Waals surface area (Å²) in [6.45, 7) is 5.47. The van der Waals surface area contributed by atoms with E-state index in [0.29, 0.717) is 11.5 Å². The Bertz CT molecular complexity index is 814. The van der Waals surface area contributed by atoms with E-state index in [1.165, 1.54) is 0 Å². The zero-order valence-corrected chi connectivity index (χ0v) is 15.0. The van der Waals surface area contributed by atoms with Crippen LogP contribution in [-0.4, -0.2) is 30.6 Å². The van der Waals surface area contributed by atoms with Gasteiger partial charge in [0, 0.05) is 5.69 Å². The molecule has 0 bridgehead atoms. The Morgan fingerprint density at radius 3 is 2.23 bits per heavy atom. The zero-order chi connectivity index (χ0) is 18.7. The number of fused-ring (bicyclic) bond motifs is 1. The van der Waals surface area contributed by atoms with Crippen molar-refractivity contribution in [3.05, 3.63) is 53.6 Å². The van der Waals surface area contributed by atoms with E-state index < -0.39 is 12.2 Å². The minimum absolute atomic E-state index is 0.138. The summed E-state index contributed by atoms with van der Waals surface area (Å²) in [6.07, 6.45) is -1.26. The molecule has 0 radical (unpaired) electrons. The molecule has 2 aromatic carbocycles. The van der Waals surface area contributed by atoms with Crippen molar-refractivity contribution in [3.63, 3.8) is 0 Å². The number of carbonyl (C=O) groups is 2. The number of rotatable bonds is 4.